The quantitative estimate of drug-likeness (QED) is 0.773. The van der Waals surface area contributed by atoms with Gasteiger partial charge in [0.15, 0.2) is 5.58 Å². The third-order valence-electron chi connectivity index (χ3n) is 4.80. The van der Waals surface area contributed by atoms with Gasteiger partial charge in [0.25, 0.3) is 0 Å². The summed E-state index contributed by atoms with van der Waals surface area (Å²) in [6, 6.07) is 12.7. The zero-order valence-corrected chi connectivity index (χ0v) is 14.4. The summed E-state index contributed by atoms with van der Waals surface area (Å²) in [5.41, 5.74) is 2.26. The molecular formula is C19H19ClN2O3. The van der Waals surface area contributed by atoms with Crippen molar-refractivity contribution in [2.75, 3.05) is 13.1 Å². The van der Waals surface area contributed by atoms with Crippen molar-refractivity contribution >= 4 is 22.7 Å². The number of halogens is 1. The van der Waals surface area contributed by atoms with E-state index in [-0.39, 0.29) is 17.5 Å². The van der Waals surface area contributed by atoms with Crippen LogP contribution in [-0.4, -0.2) is 27.7 Å². The van der Waals surface area contributed by atoms with Gasteiger partial charge in [-0.05, 0) is 49.7 Å². The normalized spacial score (nSPS) is 18.7. The molecule has 0 bridgehead atoms. The molecule has 0 radical (unpaired) electrons. The van der Waals surface area contributed by atoms with Crippen LogP contribution in [0.1, 0.15) is 24.4 Å². The van der Waals surface area contributed by atoms with Gasteiger partial charge in [-0.2, -0.15) is 0 Å². The fraction of sp³-hybridized carbons (Fsp3) is 0.316. The highest BCUT2D eigenvalue weighted by Gasteiger charge is 2.25. The molecule has 0 saturated carbocycles. The van der Waals surface area contributed by atoms with Crippen LogP contribution in [0.4, 0.5) is 0 Å². The highest BCUT2D eigenvalue weighted by Crippen LogP contribution is 2.28. The van der Waals surface area contributed by atoms with Gasteiger partial charge in [0, 0.05) is 23.7 Å². The first-order valence-electron chi connectivity index (χ1n) is 8.41. The molecule has 0 unspecified atom stereocenters. The number of benzene rings is 2. The second kappa shape index (κ2) is 6.58. The monoisotopic (exact) mass is 358 g/mol. The second-order valence-corrected chi connectivity index (χ2v) is 6.95. The Morgan fingerprint density at radius 2 is 2.08 bits per heavy atom. The molecule has 2 aromatic carbocycles. The van der Waals surface area contributed by atoms with Crippen molar-refractivity contribution < 1.29 is 9.52 Å². The van der Waals surface area contributed by atoms with Crippen LogP contribution in [0.3, 0.4) is 0 Å². The summed E-state index contributed by atoms with van der Waals surface area (Å²) in [7, 11) is 0. The lowest BCUT2D eigenvalue weighted by Crippen LogP contribution is -2.38. The molecule has 1 aliphatic heterocycles. The number of hydrogen-bond donors (Lipinski definition) is 1. The predicted octanol–water partition coefficient (Wildman–Crippen LogP) is 3.79. The molecule has 1 saturated heterocycles. The van der Waals surface area contributed by atoms with E-state index in [1.54, 1.807) is 22.8 Å². The van der Waals surface area contributed by atoms with Crippen molar-refractivity contribution in [1.29, 1.82) is 0 Å². The fourth-order valence-corrected chi connectivity index (χ4v) is 3.83. The molecule has 3 aromatic rings. The molecule has 1 N–H and O–H groups in total. The lowest BCUT2D eigenvalue weighted by molar-refractivity contribution is 0.166. The van der Waals surface area contributed by atoms with Gasteiger partial charge in [0.05, 0.1) is 11.6 Å². The molecule has 6 heteroatoms. The number of oxazole rings is 1. The van der Waals surface area contributed by atoms with Crippen molar-refractivity contribution in [3.63, 3.8) is 0 Å². The van der Waals surface area contributed by atoms with Crippen LogP contribution < -0.4 is 5.76 Å². The molecule has 1 aliphatic rings. The second-order valence-electron chi connectivity index (χ2n) is 6.51. The van der Waals surface area contributed by atoms with Crippen molar-refractivity contribution in [3.8, 4) is 5.75 Å². The molecule has 0 aliphatic carbocycles. The average molecular weight is 359 g/mol. The zero-order valence-electron chi connectivity index (χ0n) is 13.7. The minimum Gasteiger partial charge on any atom is -0.508 e. The Labute approximate surface area is 150 Å². The van der Waals surface area contributed by atoms with E-state index in [9.17, 15) is 9.90 Å². The van der Waals surface area contributed by atoms with E-state index < -0.39 is 0 Å². The van der Waals surface area contributed by atoms with Crippen molar-refractivity contribution in [2.45, 2.75) is 25.4 Å². The number of nitrogens with zero attached hydrogens (tertiary/aromatic N) is 2. The molecule has 5 nitrogen and oxygen atoms in total. The number of piperidine rings is 1. The van der Waals surface area contributed by atoms with Crippen LogP contribution in [-0.2, 0) is 6.54 Å². The number of aromatic nitrogens is 1. The first kappa shape index (κ1) is 16.2. The van der Waals surface area contributed by atoms with Crippen LogP contribution in [0.25, 0.3) is 11.1 Å². The Morgan fingerprint density at radius 3 is 2.96 bits per heavy atom. The number of likely N-dealkylation sites (tertiary alicyclic amines) is 1. The highest BCUT2D eigenvalue weighted by atomic mass is 35.5. The summed E-state index contributed by atoms with van der Waals surface area (Å²) < 4.78 is 7.14. The first-order valence-corrected chi connectivity index (χ1v) is 8.79. The topological polar surface area (TPSA) is 58.6 Å². The number of aromatic hydroxyl groups is 1. The van der Waals surface area contributed by atoms with Crippen molar-refractivity contribution in [2.24, 2.45) is 0 Å². The summed E-state index contributed by atoms with van der Waals surface area (Å²) in [4.78, 5) is 14.6. The minimum atomic E-state index is -0.307. The number of phenols is 1. The summed E-state index contributed by atoms with van der Waals surface area (Å²) in [6.45, 7) is 2.26. The van der Waals surface area contributed by atoms with E-state index in [4.69, 9.17) is 16.0 Å². The van der Waals surface area contributed by atoms with Gasteiger partial charge in [0.2, 0.25) is 0 Å². The van der Waals surface area contributed by atoms with E-state index >= 15 is 0 Å². The van der Waals surface area contributed by atoms with Crippen molar-refractivity contribution in [1.82, 2.24) is 9.47 Å². The number of para-hydroxylation sites is 2. The van der Waals surface area contributed by atoms with Crippen LogP contribution in [0.15, 0.2) is 51.7 Å². The third-order valence-corrected chi connectivity index (χ3v) is 5.04. The Kier molecular flexibility index (Phi) is 4.27. The third kappa shape index (κ3) is 3.17. The van der Waals surface area contributed by atoms with Crippen LogP contribution in [0.2, 0.25) is 5.02 Å². The lowest BCUT2D eigenvalue weighted by atomic mass is 10.0. The molecule has 0 amide bonds. The van der Waals surface area contributed by atoms with Crippen LogP contribution in [0.5, 0.6) is 5.75 Å². The molecule has 0 spiro atoms. The lowest BCUT2D eigenvalue weighted by Gasteiger charge is -2.33. The smallest absolute Gasteiger partial charge is 0.420 e. The Hall–Kier alpha value is -2.24. The largest absolute Gasteiger partial charge is 0.508 e. The SMILES string of the molecule is O=c1oc2ccccc2n1[C@@H]1CCCN(Cc2cc(Cl)ccc2O)C1. The van der Waals surface area contributed by atoms with Gasteiger partial charge in [-0.3, -0.25) is 9.47 Å². The standard InChI is InChI=1S/C19H19ClN2O3/c20-14-7-8-17(23)13(10-14)11-21-9-3-4-15(12-21)22-16-5-1-2-6-18(16)25-19(22)24/h1-2,5-8,10,15,23H,3-4,9,11-12H2/t15-/m1/s1. The van der Waals surface area contributed by atoms with Gasteiger partial charge in [-0.15, -0.1) is 0 Å². The summed E-state index contributed by atoms with van der Waals surface area (Å²) in [6.07, 6.45) is 1.92. The van der Waals surface area contributed by atoms with Gasteiger partial charge in [-0.25, -0.2) is 4.79 Å². The fourth-order valence-electron chi connectivity index (χ4n) is 3.64. The number of hydrogen-bond acceptors (Lipinski definition) is 4. The first-order chi connectivity index (χ1) is 12.1. The maximum Gasteiger partial charge on any atom is 0.420 e. The summed E-state index contributed by atoms with van der Waals surface area (Å²) >= 11 is 6.04. The summed E-state index contributed by atoms with van der Waals surface area (Å²) in [5.74, 6) is -0.0592. The van der Waals surface area contributed by atoms with Gasteiger partial charge in [0.1, 0.15) is 5.75 Å². The van der Waals surface area contributed by atoms with Gasteiger partial charge in [-0.1, -0.05) is 23.7 Å². The average Bonchev–Trinajstić information content (AvgIpc) is 2.94. The number of phenolic OH excluding ortho intramolecular Hbond substituents is 1. The molecule has 2 heterocycles. The molecule has 4 rings (SSSR count). The Morgan fingerprint density at radius 1 is 1.24 bits per heavy atom. The molecule has 1 aromatic heterocycles. The molecule has 1 fully saturated rings. The Balaban J connectivity index is 1.59. The van der Waals surface area contributed by atoms with E-state index in [2.05, 4.69) is 4.90 Å². The Bertz CT molecular complexity index is 963. The molecule has 25 heavy (non-hydrogen) atoms. The van der Waals surface area contributed by atoms with Crippen LogP contribution >= 0.6 is 11.6 Å². The van der Waals surface area contributed by atoms with E-state index in [1.807, 2.05) is 24.3 Å². The maximum atomic E-state index is 12.3. The number of fused-ring (bicyclic) bond motifs is 1. The van der Waals surface area contributed by atoms with E-state index in [1.165, 1.54) is 0 Å². The van der Waals surface area contributed by atoms with Gasteiger partial charge >= 0.3 is 5.76 Å². The molecule has 1 atom stereocenters. The number of rotatable bonds is 3. The highest BCUT2D eigenvalue weighted by molar-refractivity contribution is 6.30. The van der Waals surface area contributed by atoms with Crippen molar-refractivity contribution in [3.05, 3.63) is 63.6 Å². The minimum absolute atomic E-state index is 0.0613. The zero-order chi connectivity index (χ0) is 17.4. The van der Waals surface area contributed by atoms with E-state index in [0.29, 0.717) is 17.2 Å². The van der Waals surface area contributed by atoms with Gasteiger partial charge < -0.3 is 9.52 Å². The summed E-state index contributed by atoms with van der Waals surface area (Å²) in [5, 5.41) is 10.7. The predicted molar refractivity (Wildman–Crippen MR) is 97.1 cm³/mol. The molecular weight excluding hydrogens is 340 g/mol. The van der Waals surface area contributed by atoms with E-state index in [0.717, 1.165) is 37.0 Å². The molecule has 130 valence electrons. The van der Waals surface area contributed by atoms with Crippen LogP contribution in [0, 0.1) is 0 Å². The maximum absolute atomic E-state index is 12.3.